The number of hydrogen-bond acceptors (Lipinski definition) is 4. The predicted molar refractivity (Wildman–Crippen MR) is 64.7 cm³/mol. The van der Waals surface area contributed by atoms with Gasteiger partial charge in [0.25, 0.3) is 0 Å². The van der Waals surface area contributed by atoms with Gasteiger partial charge in [0.1, 0.15) is 11.9 Å². The van der Waals surface area contributed by atoms with E-state index in [1.165, 1.54) is 6.07 Å². The maximum atomic E-state index is 11.8. The number of hydrogen-bond donors (Lipinski definition) is 0. The molecule has 0 amide bonds. The number of anilines is 1. The molecular weight excluding hydrogens is 238 g/mol. The van der Waals surface area contributed by atoms with Crippen LogP contribution in [0.25, 0.3) is 0 Å². The summed E-state index contributed by atoms with van der Waals surface area (Å²) < 4.78 is 95.8. The van der Waals surface area contributed by atoms with Crippen molar-refractivity contribution in [2.45, 2.75) is 12.7 Å². The van der Waals surface area contributed by atoms with Gasteiger partial charge in [-0.3, -0.25) is 4.79 Å². The van der Waals surface area contributed by atoms with E-state index in [0.717, 1.165) is 0 Å². The molecule has 0 N–H and O–H groups in total. The Hall–Kier alpha value is -1.60. The number of carbonyl (C=O) groups is 1. The highest BCUT2D eigenvalue weighted by atomic mass is 35.5. The first-order chi connectivity index (χ1) is 12.9. The minimum absolute atomic E-state index is 0.258. The highest BCUT2D eigenvalue weighted by Gasteiger charge is 2.24. The molecule has 0 atom stereocenters. The molecule has 1 saturated heterocycles. The van der Waals surface area contributed by atoms with E-state index in [0.29, 0.717) is 0 Å². The summed E-state index contributed by atoms with van der Waals surface area (Å²) in [6.07, 6.45) is -8.53. The zero-order chi connectivity index (χ0) is 23.0. The molecule has 88 valence electrons. The summed E-state index contributed by atoms with van der Waals surface area (Å²) in [5.74, 6) is -4.90. The summed E-state index contributed by atoms with van der Waals surface area (Å²) in [6, 6.07) is -0.583. The highest BCUT2D eigenvalue weighted by Crippen LogP contribution is 2.23. The Balaban J connectivity index is 2.99. The molecule has 0 bridgehead atoms. The molecule has 2 rings (SSSR count). The SMILES string of the molecule is [2H]c1nc(N2C([2H])([2H])C([2H])([2H])C([2H])(C(=O)Cl)C([2H])([2H])C2([2H])[2H])c([2H])c([2H])c1C#N. The van der Waals surface area contributed by atoms with Crippen LogP contribution in [0.2, 0.25) is 0 Å². The standard InChI is InChI=1S/C12H12ClN3O/c13-12(17)10-3-5-16(6-4-10)11-2-1-9(7-14)8-15-11/h1-2,8,10H,3-6H2/i1D,2D,3D2,4D2,5D2,6D2,8D,10D. The topological polar surface area (TPSA) is 57.0 Å². The van der Waals surface area contributed by atoms with Crippen LogP contribution in [-0.2, 0) is 4.79 Å². The molecule has 0 unspecified atom stereocenters. The van der Waals surface area contributed by atoms with E-state index in [9.17, 15) is 4.79 Å². The van der Waals surface area contributed by atoms with E-state index in [1.807, 2.05) is 0 Å². The fourth-order valence-electron chi connectivity index (χ4n) is 0.929. The third-order valence-corrected chi connectivity index (χ3v) is 1.87. The van der Waals surface area contributed by atoms with Crippen LogP contribution in [0.4, 0.5) is 5.82 Å². The van der Waals surface area contributed by atoms with Crippen molar-refractivity contribution in [2.24, 2.45) is 5.89 Å². The molecule has 2 heterocycles. The van der Waals surface area contributed by atoms with Crippen LogP contribution in [0.1, 0.15) is 34.8 Å². The van der Waals surface area contributed by atoms with E-state index in [4.69, 9.17) is 33.3 Å². The molecule has 5 heteroatoms. The molecule has 0 radical (unpaired) electrons. The molecule has 0 saturated carbocycles. The fourth-order valence-corrected chi connectivity index (χ4v) is 1.02. The van der Waals surface area contributed by atoms with Crippen molar-refractivity contribution in [3.8, 4) is 6.07 Å². The molecule has 0 aromatic carbocycles. The molecule has 0 spiro atoms. The highest BCUT2D eigenvalue weighted by molar-refractivity contribution is 6.64. The summed E-state index contributed by atoms with van der Waals surface area (Å²) in [5, 5.41) is 6.97. The van der Waals surface area contributed by atoms with Gasteiger partial charge in [-0.05, 0) is 36.4 Å². The number of carbonyl (C=O) groups excluding carboxylic acids is 1. The van der Waals surface area contributed by atoms with Crippen molar-refractivity contribution in [3.05, 3.63) is 23.8 Å². The van der Waals surface area contributed by atoms with Crippen LogP contribution in [0.5, 0.6) is 0 Å². The lowest BCUT2D eigenvalue weighted by Crippen LogP contribution is -2.35. The summed E-state index contributed by atoms with van der Waals surface area (Å²) in [6.45, 7) is -7.41. The van der Waals surface area contributed by atoms with Crippen LogP contribution < -0.4 is 4.90 Å². The number of nitriles is 1. The Morgan fingerprint density at radius 2 is 2.41 bits per heavy atom. The van der Waals surface area contributed by atoms with Gasteiger partial charge in [0.2, 0.25) is 5.24 Å². The zero-order valence-electron chi connectivity index (χ0n) is 20.1. The Morgan fingerprint density at radius 1 is 1.71 bits per heavy atom. The second-order valence-corrected chi connectivity index (χ2v) is 3.09. The lowest BCUT2D eigenvalue weighted by atomic mass is 9.98. The number of aromatic nitrogens is 1. The van der Waals surface area contributed by atoms with Crippen LogP contribution in [0.3, 0.4) is 0 Å². The molecule has 17 heavy (non-hydrogen) atoms. The normalized spacial score (nSPS) is 40.6. The minimum Gasteiger partial charge on any atom is -0.357 e. The summed E-state index contributed by atoms with van der Waals surface area (Å²) in [5.41, 5.74) is -0.686. The Kier molecular flexibility index (Phi) is 1.20. The van der Waals surface area contributed by atoms with Gasteiger partial charge in [0, 0.05) is 37.4 Å². The van der Waals surface area contributed by atoms with Gasteiger partial charge in [0.05, 0.1) is 9.68 Å². The zero-order valence-corrected chi connectivity index (χ0v) is 8.88. The van der Waals surface area contributed by atoms with Crippen molar-refractivity contribution in [1.29, 1.82) is 5.26 Å². The van der Waals surface area contributed by atoms with Crippen LogP contribution >= 0.6 is 11.6 Å². The Morgan fingerprint density at radius 3 is 3.00 bits per heavy atom. The average molecular weight is 262 g/mol. The molecule has 1 aliphatic heterocycles. The van der Waals surface area contributed by atoms with Gasteiger partial charge in [-0.1, -0.05) is 0 Å². The largest absolute Gasteiger partial charge is 0.357 e. The van der Waals surface area contributed by atoms with E-state index in [2.05, 4.69) is 4.98 Å². The van der Waals surface area contributed by atoms with Crippen molar-refractivity contribution in [2.75, 3.05) is 17.9 Å². The third-order valence-electron chi connectivity index (χ3n) is 1.68. The van der Waals surface area contributed by atoms with Crippen molar-refractivity contribution < 1.29 is 21.2 Å². The van der Waals surface area contributed by atoms with Crippen molar-refractivity contribution in [3.63, 3.8) is 0 Å². The molecule has 4 nitrogen and oxygen atoms in total. The first kappa shape index (κ1) is 3.96. The predicted octanol–water partition coefficient (Wildman–Crippen LogP) is 1.94. The van der Waals surface area contributed by atoms with E-state index < -0.39 is 66.5 Å². The Bertz CT molecular complexity index is 915. The lowest BCUT2D eigenvalue weighted by Gasteiger charge is -2.31. The van der Waals surface area contributed by atoms with Crippen LogP contribution in [-0.4, -0.2) is 23.2 Å². The molecule has 1 aromatic heterocycles. The summed E-state index contributed by atoms with van der Waals surface area (Å²) in [4.78, 5) is 15.0. The van der Waals surface area contributed by atoms with E-state index >= 15 is 0 Å². The number of piperidine rings is 1. The summed E-state index contributed by atoms with van der Waals surface area (Å²) in [7, 11) is 0. The average Bonchev–Trinajstić information content (AvgIpc) is 2.56. The molecule has 1 aliphatic rings. The maximum Gasteiger partial charge on any atom is 0.224 e. The number of nitrogens with zero attached hydrogens (tertiary/aromatic N) is 3. The van der Waals surface area contributed by atoms with Gasteiger partial charge in [0.15, 0.2) is 0 Å². The lowest BCUT2D eigenvalue weighted by molar-refractivity contribution is -0.115. The van der Waals surface area contributed by atoms with Crippen LogP contribution in [0.15, 0.2) is 18.3 Å². The van der Waals surface area contributed by atoms with Gasteiger partial charge in [-0.2, -0.15) is 5.26 Å². The number of halogens is 1. The second kappa shape index (κ2) is 5.15. The third kappa shape index (κ3) is 2.75. The van der Waals surface area contributed by atoms with Crippen LogP contribution in [0, 0.1) is 17.2 Å². The number of pyridine rings is 1. The van der Waals surface area contributed by atoms with Gasteiger partial charge >= 0.3 is 0 Å². The quantitative estimate of drug-likeness (QED) is 0.764. The van der Waals surface area contributed by atoms with Gasteiger partial charge < -0.3 is 4.90 Å². The van der Waals surface area contributed by atoms with E-state index in [1.54, 1.807) is 0 Å². The molecule has 0 aliphatic carbocycles. The first-order valence-electron chi connectivity index (χ1n) is 10.2. The molecule has 1 aromatic rings. The van der Waals surface area contributed by atoms with Crippen molar-refractivity contribution in [1.82, 2.24) is 4.98 Å². The van der Waals surface area contributed by atoms with Gasteiger partial charge in [-0.25, -0.2) is 4.98 Å². The second-order valence-electron chi connectivity index (χ2n) is 2.74. The summed E-state index contributed by atoms with van der Waals surface area (Å²) >= 11 is 5.23. The number of rotatable bonds is 2. The Labute approximate surface area is 122 Å². The minimum atomic E-state index is -3.79. The monoisotopic (exact) mass is 261 g/mol. The molecular formula is C12H12ClN3O. The first-order valence-corrected chi connectivity index (χ1v) is 4.61. The fraction of sp³-hybridized carbons (Fsp3) is 0.417. The maximum absolute atomic E-state index is 11.8. The molecule has 1 fully saturated rings. The smallest absolute Gasteiger partial charge is 0.224 e. The van der Waals surface area contributed by atoms with Crippen molar-refractivity contribution >= 4 is 22.7 Å². The van der Waals surface area contributed by atoms with Gasteiger partial charge in [-0.15, -0.1) is 0 Å². The van der Waals surface area contributed by atoms with E-state index in [-0.39, 0.29) is 4.90 Å².